The number of carbonyl (C=O) groups excluding carboxylic acids is 1. The maximum absolute atomic E-state index is 11.1. The van der Waals surface area contributed by atoms with Crippen molar-refractivity contribution in [3.63, 3.8) is 0 Å². The molecule has 3 nitrogen and oxygen atoms in total. The van der Waals surface area contributed by atoms with Crippen LogP contribution in [0.1, 0.15) is 17.2 Å². The van der Waals surface area contributed by atoms with Crippen molar-refractivity contribution in [1.82, 2.24) is 0 Å². The highest BCUT2D eigenvalue weighted by molar-refractivity contribution is 6.02. The fraction of sp³-hybridized carbons (Fsp3) is 0.222. The lowest BCUT2D eigenvalue weighted by Crippen LogP contribution is -2.20. The molecule has 1 heterocycles. The van der Waals surface area contributed by atoms with Gasteiger partial charge in [0.15, 0.2) is 0 Å². The van der Waals surface area contributed by atoms with E-state index in [-0.39, 0.29) is 5.91 Å². The second-order valence-corrected chi connectivity index (χ2v) is 3.00. The monoisotopic (exact) mass is 162 g/mol. The minimum absolute atomic E-state index is 0.112. The smallest absolute Gasteiger partial charge is 0.245 e. The largest absolute Gasteiger partial charge is 0.324 e. The van der Waals surface area contributed by atoms with Gasteiger partial charge in [0.1, 0.15) is 6.04 Å². The maximum Gasteiger partial charge on any atom is 0.245 e. The third-order valence-electron chi connectivity index (χ3n) is 2.18. The molecule has 1 aliphatic heterocycles. The number of nitrogens with one attached hydrogen (secondary N) is 1. The Morgan fingerprint density at radius 1 is 1.50 bits per heavy atom. The Kier molecular flexibility index (Phi) is 1.41. The van der Waals surface area contributed by atoms with Crippen molar-refractivity contribution in [1.29, 1.82) is 0 Å². The van der Waals surface area contributed by atoms with Crippen molar-refractivity contribution >= 4 is 11.6 Å². The number of anilines is 1. The Hall–Kier alpha value is -1.35. The lowest BCUT2D eigenvalue weighted by atomic mass is 10.0. The molecule has 2 rings (SSSR count). The van der Waals surface area contributed by atoms with Crippen molar-refractivity contribution < 1.29 is 4.79 Å². The molecule has 1 atom stereocenters. The van der Waals surface area contributed by atoms with Gasteiger partial charge in [-0.25, -0.2) is 0 Å². The Morgan fingerprint density at radius 2 is 2.25 bits per heavy atom. The van der Waals surface area contributed by atoms with Gasteiger partial charge in [-0.15, -0.1) is 0 Å². The van der Waals surface area contributed by atoms with E-state index in [9.17, 15) is 4.79 Å². The van der Waals surface area contributed by atoms with Gasteiger partial charge in [-0.2, -0.15) is 0 Å². The Morgan fingerprint density at radius 3 is 2.92 bits per heavy atom. The topological polar surface area (TPSA) is 55.1 Å². The summed E-state index contributed by atoms with van der Waals surface area (Å²) in [5, 5.41) is 2.72. The van der Waals surface area contributed by atoms with E-state index < -0.39 is 6.04 Å². The summed E-state index contributed by atoms with van der Waals surface area (Å²) in [4.78, 5) is 11.1. The van der Waals surface area contributed by atoms with Gasteiger partial charge in [-0.1, -0.05) is 12.1 Å². The summed E-state index contributed by atoms with van der Waals surface area (Å²) in [7, 11) is 0. The molecular formula is C9H10N2O. The molecule has 0 saturated carbocycles. The van der Waals surface area contributed by atoms with Gasteiger partial charge >= 0.3 is 0 Å². The molecule has 0 saturated heterocycles. The van der Waals surface area contributed by atoms with Gasteiger partial charge in [0.25, 0.3) is 0 Å². The van der Waals surface area contributed by atoms with Crippen molar-refractivity contribution in [2.75, 3.05) is 5.32 Å². The second-order valence-electron chi connectivity index (χ2n) is 3.00. The van der Waals surface area contributed by atoms with Gasteiger partial charge in [0, 0.05) is 11.3 Å². The molecular weight excluding hydrogens is 152 g/mol. The highest BCUT2D eigenvalue weighted by Gasteiger charge is 2.27. The first-order valence-corrected chi connectivity index (χ1v) is 3.86. The predicted octanol–water partition coefficient (Wildman–Crippen LogP) is 0.947. The number of benzene rings is 1. The molecule has 1 aromatic carbocycles. The van der Waals surface area contributed by atoms with Gasteiger partial charge in [-0.3, -0.25) is 4.79 Å². The first-order chi connectivity index (χ1) is 5.70. The molecule has 62 valence electrons. The van der Waals surface area contributed by atoms with E-state index >= 15 is 0 Å². The fourth-order valence-electron chi connectivity index (χ4n) is 1.54. The van der Waals surface area contributed by atoms with Crippen LogP contribution in [0.15, 0.2) is 18.2 Å². The van der Waals surface area contributed by atoms with Crippen molar-refractivity contribution in [3.05, 3.63) is 29.3 Å². The molecule has 0 bridgehead atoms. The molecule has 3 heteroatoms. The number of nitrogens with two attached hydrogens (primary N) is 1. The maximum atomic E-state index is 11.1. The highest BCUT2D eigenvalue weighted by atomic mass is 16.2. The zero-order chi connectivity index (χ0) is 8.72. The zero-order valence-corrected chi connectivity index (χ0v) is 6.79. The fourth-order valence-corrected chi connectivity index (χ4v) is 1.54. The van der Waals surface area contributed by atoms with Gasteiger partial charge in [0.05, 0.1) is 0 Å². The molecule has 0 aromatic heterocycles. The van der Waals surface area contributed by atoms with E-state index in [1.165, 1.54) is 0 Å². The van der Waals surface area contributed by atoms with Crippen LogP contribution in [0.3, 0.4) is 0 Å². The predicted molar refractivity (Wildman–Crippen MR) is 46.7 cm³/mol. The summed E-state index contributed by atoms with van der Waals surface area (Å²) in [6, 6.07) is 5.25. The van der Waals surface area contributed by atoms with Crippen LogP contribution in [0.25, 0.3) is 0 Å². The molecule has 1 aliphatic rings. The summed E-state index contributed by atoms with van der Waals surface area (Å²) >= 11 is 0. The Labute approximate surface area is 70.6 Å². The molecule has 0 radical (unpaired) electrons. The van der Waals surface area contributed by atoms with E-state index in [1.54, 1.807) is 0 Å². The molecule has 0 unspecified atom stereocenters. The number of aryl methyl sites for hydroxylation is 1. The van der Waals surface area contributed by atoms with E-state index in [0.717, 1.165) is 16.8 Å². The molecule has 0 aliphatic carbocycles. The average molecular weight is 162 g/mol. The third-order valence-corrected chi connectivity index (χ3v) is 2.18. The summed E-state index contributed by atoms with van der Waals surface area (Å²) < 4.78 is 0. The average Bonchev–Trinajstić information content (AvgIpc) is 2.29. The van der Waals surface area contributed by atoms with Gasteiger partial charge in [-0.05, 0) is 18.6 Å². The number of hydrogen-bond donors (Lipinski definition) is 2. The molecule has 1 amide bonds. The van der Waals surface area contributed by atoms with Crippen LogP contribution < -0.4 is 11.1 Å². The lowest BCUT2D eigenvalue weighted by Gasteiger charge is -2.04. The van der Waals surface area contributed by atoms with Crippen molar-refractivity contribution in [2.45, 2.75) is 13.0 Å². The third kappa shape index (κ3) is 0.833. The molecule has 3 N–H and O–H groups in total. The first kappa shape index (κ1) is 7.31. The van der Waals surface area contributed by atoms with E-state index in [0.29, 0.717) is 0 Å². The van der Waals surface area contributed by atoms with Crippen LogP contribution in [0.2, 0.25) is 0 Å². The quantitative estimate of drug-likeness (QED) is 0.596. The Bertz CT molecular complexity index is 346. The standard InChI is InChI=1S/C9H10N2O/c1-5-3-2-4-6-7(5)8(10)9(12)11-6/h2-4,8H,10H2,1H3,(H,11,12)/t8-/m0/s1. The number of carbonyl (C=O) groups is 1. The van der Waals surface area contributed by atoms with Crippen LogP contribution >= 0.6 is 0 Å². The lowest BCUT2D eigenvalue weighted by molar-refractivity contribution is -0.116. The van der Waals surface area contributed by atoms with Crippen LogP contribution in [0.4, 0.5) is 5.69 Å². The van der Waals surface area contributed by atoms with E-state index in [4.69, 9.17) is 5.73 Å². The van der Waals surface area contributed by atoms with Crippen molar-refractivity contribution in [2.24, 2.45) is 5.73 Å². The van der Waals surface area contributed by atoms with E-state index in [1.807, 2.05) is 25.1 Å². The summed E-state index contributed by atoms with van der Waals surface area (Å²) in [5.74, 6) is -0.112. The second kappa shape index (κ2) is 2.32. The van der Waals surface area contributed by atoms with Crippen molar-refractivity contribution in [3.8, 4) is 0 Å². The van der Waals surface area contributed by atoms with Gasteiger partial charge < -0.3 is 11.1 Å². The number of fused-ring (bicyclic) bond motifs is 1. The molecule has 0 spiro atoms. The number of amides is 1. The minimum Gasteiger partial charge on any atom is -0.324 e. The van der Waals surface area contributed by atoms with Crippen LogP contribution in [-0.2, 0) is 4.79 Å². The normalized spacial score (nSPS) is 20.5. The Balaban J connectivity index is 2.62. The zero-order valence-electron chi connectivity index (χ0n) is 6.79. The minimum atomic E-state index is -0.485. The molecule has 0 fully saturated rings. The molecule has 1 aromatic rings. The summed E-state index contributed by atoms with van der Waals surface area (Å²) in [6.45, 7) is 1.96. The van der Waals surface area contributed by atoms with Crippen LogP contribution in [0, 0.1) is 6.92 Å². The van der Waals surface area contributed by atoms with Gasteiger partial charge in [0.2, 0.25) is 5.91 Å². The van der Waals surface area contributed by atoms with Crippen LogP contribution in [0.5, 0.6) is 0 Å². The summed E-state index contributed by atoms with van der Waals surface area (Å²) in [5.41, 5.74) is 8.53. The van der Waals surface area contributed by atoms with Crippen LogP contribution in [-0.4, -0.2) is 5.91 Å². The summed E-state index contributed by atoms with van der Waals surface area (Å²) in [6.07, 6.45) is 0. The number of hydrogen-bond acceptors (Lipinski definition) is 2. The highest BCUT2D eigenvalue weighted by Crippen LogP contribution is 2.31. The first-order valence-electron chi connectivity index (χ1n) is 3.86. The SMILES string of the molecule is Cc1cccc2c1[C@H](N)C(=O)N2. The number of rotatable bonds is 0. The van der Waals surface area contributed by atoms with E-state index in [2.05, 4.69) is 5.32 Å². The molecule has 12 heavy (non-hydrogen) atoms.